The first kappa shape index (κ1) is 17.4. The minimum atomic E-state index is -3.22. The molecule has 11 heteroatoms. The van der Waals surface area contributed by atoms with Crippen LogP contribution in [-0.4, -0.2) is 120 Å². The SMILES string of the molecule is [2H]C1(C2(O)O[C@H](CO)[C@@H](O)[C@H](O)[C@@H]2O)O[C@H](CO)[C@H](O)[C@H](O)[C@H]1O. The van der Waals surface area contributed by atoms with Gasteiger partial charge in [-0.3, -0.25) is 0 Å². The Hall–Kier alpha value is -0.440. The fourth-order valence-corrected chi connectivity index (χ4v) is 2.66. The molecule has 2 fully saturated rings. The molecule has 0 amide bonds. The maximum Gasteiger partial charge on any atom is 0.225 e. The second kappa shape index (κ2) is 6.82. The van der Waals surface area contributed by atoms with Crippen LogP contribution in [0.25, 0.3) is 0 Å². The van der Waals surface area contributed by atoms with E-state index in [2.05, 4.69) is 0 Å². The van der Waals surface area contributed by atoms with Crippen LogP contribution in [0.3, 0.4) is 0 Å². The van der Waals surface area contributed by atoms with Crippen molar-refractivity contribution in [2.24, 2.45) is 0 Å². The molecule has 2 saturated heterocycles. The van der Waals surface area contributed by atoms with Gasteiger partial charge in [-0.05, 0) is 0 Å². The molecule has 0 aliphatic carbocycles. The highest BCUT2D eigenvalue weighted by Crippen LogP contribution is 2.37. The van der Waals surface area contributed by atoms with Crippen LogP contribution in [0.2, 0.25) is 0 Å². The number of aliphatic hydroxyl groups is 9. The number of aliphatic hydroxyl groups excluding tert-OH is 8. The summed E-state index contributed by atoms with van der Waals surface area (Å²) in [5.41, 5.74) is 0. The van der Waals surface area contributed by atoms with Crippen LogP contribution in [-0.2, 0) is 9.47 Å². The second-order valence-electron chi connectivity index (χ2n) is 5.59. The van der Waals surface area contributed by atoms with Crippen LogP contribution in [0, 0.1) is 0 Å². The van der Waals surface area contributed by atoms with E-state index in [4.69, 9.17) is 21.1 Å². The van der Waals surface area contributed by atoms with Crippen molar-refractivity contribution >= 4 is 0 Å². The zero-order valence-corrected chi connectivity index (χ0v) is 11.9. The Bertz CT molecular complexity index is 411. The second-order valence-corrected chi connectivity index (χ2v) is 5.59. The molecule has 23 heavy (non-hydrogen) atoms. The van der Waals surface area contributed by atoms with E-state index < -0.39 is 73.9 Å². The molecule has 10 atom stereocenters. The van der Waals surface area contributed by atoms with Crippen molar-refractivity contribution in [1.82, 2.24) is 0 Å². The highest BCUT2D eigenvalue weighted by Gasteiger charge is 2.62. The molecular formula is C12H22O11. The Balaban J connectivity index is 2.45. The molecule has 0 aromatic carbocycles. The lowest BCUT2D eigenvalue weighted by Gasteiger charge is -2.52. The van der Waals surface area contributed by atoms with Gasteiger partial charge in [0, 0.05) is 0 Å². The molecule has 0 bridgehead atoms. The van der Waals surface area contributed by atoms with Gasteiger partial charge in [-0.25, -0.2) is 0 Å². The van der Waals surface area contributed by atoms with Crippen LogP contribution in [0.4, 0.5) is 0 Å². The molecule has 9 N–H and O–H groups in total. The van der Waals surface area contributed by atoms with Crippen LogP contribution >= 0.6 is 0 Å². The Morgan fingerprint density at radius 1 is 0.783 bits per heavy atom. The van der Waals surface area contributed by atoms with Crippen molar-refractivity contribution in [3.05, 3.63) is 0 Å². The van der Waals surface area contributed by atoms with Gasteiger partial charge in [0.15, 0.2) is 0 Å². The summed E-state index contributed by atoms with van der Waals surface area (Å²) in [6.45, 7) is -1.83. The van der Waals surface area contributed by atoms with E-state index in [1.165, 1.54) is 0 Å². The summed E-state index contributed by atoms with van der Waals surface area (Å²) in [6, 6.07) is 0. The standard InChI is InChI=1S/C12H22O11/c13-1-3-5(15)7(17)9(19)11(22-3)12(21)10(20)8(18)6(16)4(2-14)23-12/h3-11,13-21H,1-2H2/t3-,4-,5+,6-,7+,8+,9-,10+,11?,12?/m1/s1/i11D. The quantitative estimate of drug-likeness (QED) is 0.236. The van der Waals surface area contributed by atoms with Crippen molar-refractivity contribution in [1.29, 1.82) is 0 Å². The summed E-state index contributed by atoms with van der Waals surface area (Å²) in [5.74, 6) is -3.22. The zero-order valence-electron chi connectivity index (χ0n) is 12.9. The van der Waals surface area contributed by atoms with E-state index in [0.717, 1.165) is 0 Å². The minimum absolute atomic E-state index is 0.910. The van der Waals surface area contributed by atoms with E-state index >= 15 is 0 Å². The van der Waals surface area contributed by atoms with Gasteiger partial charge in [0.25, 0.3) is 0 Å². The topological polar surface area (TPSA) is 201 Å². The molecule has 0 saturated carbocycles. The Kier molecular flexibility index (Phi) is 5.15. The average Bonchev–Trinajstić information content (AvgIpc) is 2.57. The summed E-state index contributed by atoms with van der Waals surface area (Å²) in [5, 5.41) is 88.1. The number of hydrogen-bond donors (Lipinski definition) is 9. The van der Waals surface area contributed by atoms with Gasteiger partial charge in [-0.15, -0.1) is 0 Å². The summed E-state index contributed by atoms with van der Waals surface area (Å²) in [7, 11) is 0. The summed E-state index contributed by atoms with van der Waals surface area (Å²) in [4.78, 5) is 0. The first-order valence-corrected chi connectivity index (χ1v) is 6.93. The highest BCUT2D eigenvalue weighted by molar-refractivity contribution is 5.05. The van der Waals surface area contributed by atoms with Crippen molar-refractivity contribution in [3.63, 3.8) is 0 Å². The third kappa shape index (κ3) is 2.99. The number of ether oxygens (including phenoxy) is 2. The van der Waals surface area contributed by atoms with Crippen molar-refractivity contribution in [3.8, 4) is 0 Å². The lowest BCUT2D eigenvalue weighted by atomic mass is 9.83. The van der Waals surface area contributed by atoms with Gasteiger partial charge in [-0.2, -0.15) is 0 Å². The number of rotatable bonds is 3. The van der Waals surface area contributed by atoms with E-state index in [1.807, 2.05) is 0 Å². The fourth-order valence-electron chi connectivity index (χ4n) is 2.66. The minimum Gasteiger partial charge on any atom is -0.394 e. The van der Waals surface area contributed by atoms with Crippen molar-refractivity contribution in [2.45, 2.75) is 60.7 Å². The molecule has 2 unspecified atom stereocenters. The van der Waals surface area contributed by atoms with Crippen LogP contribution in [0.15, 0.2) is 0 Å². The van der Waals surface area contributed by atoms with Crippen molar-refractivity contribution < 1.29 is 56.8 Å². The molecule has 136 valence electrons. The Morgan fingerprint density at radius 3 is 1.83 bits per heavy atom. The maximum absolute atomic E-state index is 10.6. The zero-order chi connectivity index (χ0) is 18.4. The largest absolute Gasteiger partial charge is 0.394 e. The van der Waals surface area contributed by atoms with E-state index in [9.17, 15) is 35.7 Å². The molecule has 2 rings (SSSR count). The van der Waals surface area contributed by atoms with Gasteiger partial charge in [0.2, 0.25) is 5.79 Å². The molecule has 0 aromatic rings. The first-order chi connectivity index (χ1) is 11.0. The molecule has 11 nitrogen and oxygen atoms in total. The van der Waals surface area contributed by atoms with Crippen LogP contribution < -0.4 is 0 Å². The lowest BCUT2D eigenvalue weighted by molar-refractivity contribution is -0.406. The van der Waals surface area contributed by atoms with Gasteiger partial charge < -0.3 is 55.4 Å². The predicted molar refractivity (Wildman–Crippen MR) is 68.7 cm³/mol. The Morgan fingerprint density at radius 2 is 1.30 bits per heavy atom. The lowest BCUT2D eigenvalue weighted by Crippen LogP contribution is -2.75. The predicted octanol–water partition coefficient (Wildman–Crippen LogP) is -6.01. The molecule has 0 radical (unpaired) electrons. The third-order valence-electron chi connectivity index (χ3n) is 4.10. The molecule has 0 aromatic heterocycles. The first-order valence-electron chi connectivity index (χ1n) is 7.43. The third-order valence-corrected chi connectivity index (χ3v) is 4.10. The van der Waals surface area contributed by atoms with Crippen molar-refractivity contribution in [2.75, 3.05) is 13.2 Å². The molecule has 2 heterocycles. The van der Waals surface area contributed by atoms with Crippen LogP contribution in [0.5, 0.6) is 0 Å². The average molecular weight is 343 g/mol. The highest BCUT2D eigenvalue weighted by atomic mass is 16.7. The summed E-state index contributed by atoms with van der Waals surface area (Å²) >= 11 is 0. The Labute approximate surface area is 132 Å². The van der Waals surface area contributed by atoms with E-state index in [1.54, 1.807) is 0 Å². The molecular weight excluding hydrogens is 320 g/mol. The molecule has 2 aliphatic heterocycles. The van der Waals surface area contributed by atoms with Crippen LogP contribution in [0.1, 0.15) is 1.37 Å². The number of hydrogen-bond acceptors (Lipinski definition) is 11. The van der Waals surface area contributed by atoms with Gasteiger partial charge >= 0.3 is 0 Å². The van der Waals surface area contributed by atoms with Gasteiger partial charge in [0.1, 0.15) is 54.9 Å². The smallest absolute Gasteiger partial charge is 0.225 e. The van der Waals surface area contributed by atoms with E-state index in [0.29, 0.717) is 0 Å². The molecule has 2 aliphatic rings. The fraction of sp³-hybridized carbons (Fsp3) is 1.00. The summed E-state index contributed by atoms with van der Waals surface area (Å²) < 4.78 is 18.0. The maximum atomic E-state index is 10.6. The van der Waals surface area contributed by atoms with E-state index in [-0.39, 0.29) is 0 Å². The normalized spacial score (nSPS) is 58.7. The summed E-state index contributed by atoms with van der Waals surface area (Å²) in [6.07, 6.45) is -18.9. The molecule has 0 spiro atoms. The monoisotopic (exact) mass is 343 g/mol. The van der Waals surface area contributed by atoms with Gasteiger partial charge in [0.05, 0.1) is 14.6 Å². The van der Waals surface area contributed by atoms with Gasteiger partial charge in [-0.1, -0.05) is 0 Å².